The molecule has 2 aromatic rings. The Morgan fingerprint density at radius 3 is 2.53 bits per heavy atom. The van der Waals surface area contributed by atoms with Crippen molar-refractivity contribution in [3.8, 4) is 6.07 Å². The van der Waals surface area contributed by atoms with Gasteiger partial charge in [0, 0.05) is 43.1 Å². The highest BCUT2D eigenvalue weighted by atomic mass is 32.1. The van der Waals surface area contributed by atoms with E-state index in [1.54, 1.807) is 32.0 Å². The Morgan fingerprint density at radius 1 is 1.28 bits per heavy atom. The Hall–Kier alpha value is -3.38. The fraction of sp³-hybridized carbons (Fsp3) is 0.391. The van der Waals surface area contributed by atoms with Gasteiger partial charge in [-0.05, 0) is 32.0 Å². The Balaban J connectivity index is 2.47. The van der Waals surface area contributed by atoms with E-state index in [1.807, 2.05) is 51.1 Å². The summed E-state index contributed by atoms with van der Waals surface area (Å²) in [7, 11) is 1.72. The minimum atomic E-state index is -0.512. The summed E-state index contributed by atoms with van der Waals surface area (Å²) < 4.78 is 2.10. The van der Waals surface area contributed by atoms with Crippen LogP contribution in [-0.2, 0) is 16.1 Å². The van der Waals surface area contributed by atoms with E-state index in [4.69, 9.17) is 0 Å². The molecule has 0 aliphatic rings. The Kier molecular flexibility index (Phi) is 8.00. The number of thiazole rings is 1. The highest BCUT2D eigenvalue weighted by Crippen LogP contribution is 2.24. The van der Waals surface area contributed by atoms with Crippen molar-refractivity contribution in [1.29, 1.82) is 5.26 Å². The van der Waals surface area contributed by atoms with Gasteiger partial charge in [-0.25, -0.2) is 0 Å². The third-order valence-electron chi connectivity index (χ3n) is 4.66. The summed E-state index contributed by atoms with van der Waals surface area (Å²) in [6.45, 7) is 9.85. The van der Waals surface area contributed by atoms with Gasteiger partial charge < -0.3 is 15.5 Å². The SMILES string of the molecule is CCNC(=O)C(C#N)=c1sc(=CNc2cccc(N(C)C(=O)C(C)(C)C)c2)c(=O)n1CC. The molecule has 0 aliphatic heterocycles. The number of nitriles is 1. The standard InChI is InChI=1S/C23H29N5O3S/c1-7-25-19(29)17(13-24)21-28(8-2)20(30)18(32-21)14-26-15-10-9-11-16(12-15)27(6)22(31)23(3,4)5/h9-12,14,26H,7-8H2,1-6H3,(H,25,29). The molecule has 0 saturated carbocycles. The van der Waals surface area contributed by atoms with E-state index in [1.165, 1.54) is 4.57 Å². The van der Waals surface area contributed by atoms with Crippen molar-refractivity contribution in [1.82, 2.24) is 9.88 Å². The van der Waals surface area contributed by atoms with Crippen LogP contribution >= 0.6 is 11.3 Å². The number of nitrogens with one attached hydrogen (secondary N) is 2. The first-order valence-electron chi connectivity index (χ1n) is 10.3. The van der Waals surface area contributed by atoms with Crippen LogP contribution in [0.2, 0.25) is 0 Å². The Morgan fingerprint density at radius 2 is 1.97 bits per heavy atom. The van der Waals surface area contributed by atoms with Crippen molar-refractivity contribution in [3.05, 3.63) is 43.8 Å². The fourth-order valence-electron chi connectivity index (χ4n) is 3.01. The molecular weight excluding hydrogens is 426 g/mol. The smallest absolute Gasteiger partial charge is 0.270 e. The van der Waals surface area contributed by atoms with E-state index < -0.39 is 11.3 Å². The van der Waals surface area contributed by atoms with Crippen LogP contribution < -0.4 is 30.3 Å². The average molecular weight is 456 g/mol. The van der Waals surface area contributed by atoms with Crippen LogP contribution in [0.3, 0.4) is 0 Å². The number of carbonyl (C=O) groups is 2. The van der Waals surface area contributed by atoms with E-state index in [2.05, 4.69) is 10.6 Å². The molecule has 1 heterocycles. The molecule has 0 aliphatic carbocycles. The van der Waals surface area contributed by atoms with Gasteiger partial charge in [-0.1, -0.05) is 26.8 Å². The van der Waals surface area contributed by atoms with Crippen LogP contribution in [0.1, 0.15) is 34.6 Å². The van der Waals surface area contributed by atoms with Crippen LogP contribution in [0.15, 0.2) is 29.1 Å². The second kappa shape index (κ2) is 10.3. The Labute approximate surface area is 191 Å². The third-order valence-corrected chi connectivity index (χ3v) is 5.79. The highest BCUT2D eigenvalue weighted by molar-refractivity contribution is 7.07. The van der Waals surface area contributed by atoms with Gasteiger partial charge in [-0.15, -0.1) is 11.3 Å². The molecule has 32 heavy (non-hydrogen) atoms. The van der Waals surface area contributed by atoms with Crippen LogP contribution in [0.4, 0.5) is 11.4 Å². The molecule has 2 N–H and O–H groups in total. The van der Waals surface area contributed by atoms with Gasteiger partial charge in [0.25, 0.3) is 11.5 Å². The zero-order valence-corrected chi connectivity index (χ0v) is 20.1. The van der Waals surface area contributed by atoms with E-state index in [9.17, 15) is 19.6 Å². The third kappa shape index (κ3) is 5.45. The van der Waals surface area contributed by atoms with Crippen molar-refractivity contribution in [3.63, 3.8) is 0 Å². The first kappa shape index (κ1) is 24.9. The molecule has 0 saturated heterocycles. The number of amides is 2. The summed E-state index contributed by atoms with van der Waals surface area (Å²) in [4.78, 5) is 39.2. The monoisotopic (exact) mass is 455 g/mol. The zero-order valence-electron chi connectivity index (χ0n) is 19.3. The normalized spacial score (nSPS) is 12.7. The first-order valence-corrected chi connectivity index (χ1v) is 11.1. The van der Waals surface area contributed by atoms with E-state index in [0.717, 1.165) is 17.0 Å². The highest BCUT2D eigenvalue weighted by Gasteiger charge is 2.25. The van der Waals surface area contributed by atoms with E-state index >= 15 is 0 Å². The number of hydrogen-bond acceptors (Lipinski definition) is 6. The van der Waals surface area contributed by atoms with Gasteiger partial charge in [0.2, 0.25) is 5.91 Å². The molecule has 2 amide bonds. The number of nitrogens with zero attached hydrogens (tertiary/aromatic N) is 3. The molecule has 0 radical (unpaired) electrons. The summed E-state index contributed by atoms with van der Waals surface area (Å²) in [5.41, 5.74) is 0.536. The molecule has 1 aromatic heterocycles. The maximum Gasteiger partial charge on any atom is 0.270 e. The van der Waals surface area contributed by atoms with Gasteiger partial charge in [0.05, 0.1) is 0 Å². The minimum Gasteiger partial charge on any atom is -0.360 e. The summed E-state index contributed by atoms with van der Waals surface area (Å²) in [5.74, 6) is -0.519. The summed E-state index contributed by atoms with van der Waals surface area (Å²) in [5, 5.41) is 15.2. The molecule has 0 atom stereocenters. The largest absolute Gasteiger partial charge is 0.360 e. The molecule has 2 rings (SSSR count). The molecule has 0 spiro atoms. The lowest BCUT2D eigenvalue weighted by molar-refractivity contribution is -0.125. The zero-order chi connectivity index (χ0) is 24.1. The van der Waals surface area contributed by atoms with Crippen molar-refractivity contribution < 1.29 is 9.59 Å². The maximum atomic E-state index is 12.8. The van der Waals surface area contributed by atoms with Crippen molar-refractivity contribution in [2.45, 2.75) is 41.2 Å². The predicted octanol–water partition coefficient (Wildman–Crippen LogP) is 1.60. The summed E-state index contributed by atoms with van der Waals surface area (Å²) in [6.07, 6.45) is 1.56. The topological polar surface area (TPSA) is 107 Å². The lowest BCUT2D eigenvalue weighted by atomic mass is 9.94. The first-order chi connectivity index (χ1) is 15.0. The second-order valence-corrected chi connectivity index (χ2v) is 9.15. The lowest BCUT2D eigenvalue weighted by Gasteiger charge is -2.26. The predicted molar refractivity (Wildman–Crippen MR) is 129 cm³/mol. The molecule has 0 unspecified atom stereocenters. The second-order valence-electron chi connectivity index (χ2n) is 8.12. The van der Waals surface area contributed by atoms with Crippen LogP contribution in [0.25, 0.3) is 11.8 Å². The number of aromatic nitrogens is 1. The quantitative estimate of drug-likeness (QED) is 0.688. The van der Waals surface area contributed by atoms with Gasteiger partial charge in [0.1, 0.15) is 15.3 Å². The van der Waals surface area contributed by atoms with Gasteiger partial charge in [-0.3, -0.25) is 19.0 Å². The van der Waals surface area contributed by atoms with Crippen molar-refractivity contribution in [2.24, 2.45) is 5.41 Å². The van der Waals surface area contributed by atoms with Crippen molar-refractivity contribution >= 4 is 46.3 Å². The minimum absolute atomic E-state index is 0.0164. The van der Waals surface area contributed by atoms with Crippen molar-refractivity contribution in [2.75, 3.05) is 23.8 Å². The molecule has 0 bridgehead atoms. The molecule has 170 valence electrons. The fourth-order valence-corrected chi connectivity index (χ4v) is 4.10. The summed E-state index contributed by atoms with van der Waals surface area (Å²) in [6, 6.07) is 9.21. The average Bonchev–Trinajstić information content (AvgIpc) is 3.06. The van der Waals surface area contributed by atoms with E-state index in [-0.39, 0.29) is 17.0 Å². The van der Waals surface area contributed by atoms with E-state index in [0.29, 0.717) is 28.0 Å². The molecule has 9 heteroatoms. The number of hydrogen-bond donors (Lipinski definition) is 2. The van der Waals surface area contributed by atoms with Crippen LogP contribution in [-0.4, -0.2) is 30.0 Å². The van der Waals surface area contributed by atoms with Crippen LogP contribution in [0.5, 0.6) is 0 Å². The lowest BCUT2D eigenvalue weighted by Crippen LogP contribution is -2.36. The molecule has 8 nitrogen and oxygen atoms in total. The molecule has 0 fully saturated rings. The van der Waals surface area contributed by atoms with Gasteiger partial charge >= 0.3 is 0 Å². The van der Waals surface area contributed by atoms with Gasteiger partial charge in [0.15, 0.2) is 5.57 Å². The molecule has 1 aromatic carbocycles. The number of rotatable bonds is 6. The molecular formula is C23H29N5O3S. The number of carbonyl (C=O) groups excluding carboxylic acids is 2. The summed E-state index contributed by atoms with van der Waals surface area (Å²) >= 11 is 1.08. The van der Waals surface area contributed by atoms with Gasteiger partial charge in [-0.2, -0.15) is 5.26 Å². The number of anilines is 2. The number of benzene rings is 1. The Bertz CT molecular complexity index is 1230. The van der Waals surface area contributed by atoms with Crippen LogP contribution in [0, 0.1) is 16.7 Å². The maximum absolute atomic E-state index is 12.8.